The Morgan fingerprint density at radius 3 is 2.00 bits per heavy atom. The van der Waals surface area contributed by atoms with Crippen molar-refractivity contribution in [2.24, 2.45) is 0 Å². The van der Waals surface area contributed by atoms with Gasteiger partial charge < -0.3 is 0 Å². The molecule has 0 atom stereocenters. The van der Waals surface area contributed by atoms with Crippen molar-refractivity contribution >= 4 is 6.34 Å². The average molecular weight is 87.1 g/mol. The van der Waals surface area contributed by atoms with Gasteiger partial charge in [-0.3, -0.25) is 9.89 Å². The molecule has 0 unspecified atom stereocenters. The highest BCUT2D eigenvalue weighted by Crippen LogP contribution is 1.40. The molecule has 0 saturated carbocycles. The van der Waals surface area contributed by atoms with Gasteiger partial charge in [0.2, 0.25) is 6.34 Å². The molecule has 0 saturated heterocycles. The lowest BCUT2D eigenvalue weighted by Crippen LogP contribution is -2.11. The zero-order valence-electron chi connectivity index (χ0n) is 4.52. The van der Waals surface area contributed by atoms with Gasteiger partial charge in [-0.2, -0.15) is 0 Å². The predicted molar refractivity (Wildman–Crippen MR) is 27.2 cm³/mol. The highest BCUT2D eigenvalue weighted by molar-refractivity contribution is 5.46. The van der Waals surface area contributed by atoms with E-state index in [1.807, 2.05) is 32.1 Å². The molecule has 0 aromatic heterocycles. The van der Waals surface area contributed by atoms with E-state index >= 15 is 0 Å². The summed E-state index contributed by atoms with van der Waals surface area (Å²) in [6, 6.07) is 0. The maximum atomic E-state index is 2.87. The van der Waals surface area contributed by atoms with E-state index in [-0.39, 0.29) is 0 Å². The van der Waals surface area contributed by atoms with Gasteiger partial charge in [-0.1, -0.05) is 0 Å². The molecule has 0 fully saturated rings. The van der Waals surface area contributed by atoms with Crippen LogP contribution in [0.15, 0.2) is 0 Å². The second-order valence-corrected chi connectivity index (χ2v) is 1.38. The quantitative estimate of drug-likeness (QED) is 0.259. The molecular weight excluding hydrogens is 76.1 g/mol. The Hall–Kier alpha value is -0.530. The summed E-state index contributed by atoms with van der Waals surface area (Å²) < 4.78 is 1.94. The van der Waals surface area contributed by atoms with Crippen LogP contribution in [0.1, 0.15) is 0 Å². The largest absolute Gasteiger partial charge is 0.284 e. The van der Waals surface area contributed by atoms with E-state index in [2.05, 4.69) is 5.32 Å². The van der Waals surface area contributed by atoms with E-state index in [0.29, 0.717) is 0 Å². The first-order valence-corrected chi connectivity index (χ1v) is 1.94. The van der Waals surface area contributed by atoms with Crippen molar-refractivity contribution in [1.29, 1.82) is 0 Å². The topological polar surface area (TPSA) is 15.0 Å². The Morgan fingerprint density at radius 1 is 1.50 bits per heavy atom. The standard InChI is InChI=1S/C4H10N2/c1-5-4-6(2)3/h4H,1-3H3/p+1. The van der Waals surface area contributed by atoms with Crippen LogP contribution in [0.2, 0.25) is 0 Å². The minimum absolute atomic E-state index is 1.88. The summed E-state index contributed by atoms with van der Waals surface area (Å²) in [6.45, 7) is 0. The fraction of sp³-hybridized carbons (Fsp3) is 0.750. The molecule has 2 heteroatoms. The fourth-order valence-electron chi connectivity index (χ4n) is 0.258. The van der Waals surface area contributed by atoms with Crippen molar-refractivity contribution in [1.82, 2.24) is 5.32 Å². The van der Waals surface area contributed by atoms with Gasteiger partial charge in [0.1, 0.15) is 0 Å². The first-order valence-electron chi connectivity index (χ1n) is 1.94. The normalized spacial score (nSPS) is 7.17. The maximum absolute atomic E-state index is 2.87. The van der Waals surface area contributed by atoms with Crippen molar-refractivity contribution in [3.8, 4) is 0 Å². The van der Waals surface area contributed by atoms with Crippen LogP contribution in [0.3, 0.4) is 0 Å². The Morgan fingerprint density at radius 2 is 2.00 bits per heavy atom. The van der Waals surface area contributed by atoms with Crippen LogP contribution < -0.4 is 5.32 Å². The van der Waals surface area contributed by atoms with Crippen molar-refractivity contribution < 1.29 is 4.58 Å². The second-order valence-electron chi connectivity index (χ2n) is 1.38. The molecule has 1 N–H and O–H groups in total. The predicted octanol–water partition coefficient (Wildman–Crippen LogP) is -0.494. The smallest absolute Gasteiger partial charge is 0.231 e. The van der Waals surface area contributed by atoms with Gasteiger partial charge in [0.15, 0.2) is 0 Å². The van der Waals surface area contributed by atoms with Crippen LogP contribution in [0.5, 0.6) is 0 Å². The lowest BCUT2D eigenvalue weighted by molar-refractivity contribution is -0.461. The van der Waals surface area contributed by atoms with Crippen LogP contribution in [0.25, 0.3) is 0 Å². The van der Waals surface area contributed by atoms with Gasteiger partial charge in [-0.15, -0.1) is 0 Å². The third-order valence-electron chi connectivity index (χ3n) is 0.387. The summed E-state index contributed by atoms with van der Waals surface area (Å²) in [7, 11) is 5.81. The van der Waals surface area contributed by atoms with Crippen LogP contribution in [0.4, 0.5) is 0 Å². The summed E-state index contributed by atoms with van der Waals surface area (Å²) >= 11 is 0. The molecular formula is C4H11N2+. The van der Waals surface area contributed by atoms with Crippen molar-refractivity contribution in [3.63, 3.8) is 0 Å². The van der Waals surface area contributed by atoms with E-state index in [4.69, 9.17) is 0 Å². The number of rotatable bonds is 1. The van der Waals surface area contributed by atoms with Gasteiger partial charge in [0.25, 0.3) is 0 Å². The first kappa shape index (κ1) is 5.47. The third kappa shape index (κ3) is 3.47. The molecule has 0 aliphatic heterocycles. The van der Waals surface area contributed by atoms with E-state index in [0.717, 1.165) is 0 Å². The molecule has 36 valence electrons. The molecule has 0 bridgehead atoms. The first-order chi connectivity index (χ1) is 2.77. The van der Waals surface area contributed by atoms with Crippen molar-refractivity contribution in [2.75, 3.05) is 21.1 Å². The van der Waals surface area contributed by atoms with Gasteiger partial charge in [0, 0.05) is 0 Å². The Balaban J connectivity index is 3.14. The molecule has 0 radical (unpaired) electrons. The molecule has 0 aromatic carbocycles. The highest BCUT2D eigenvalue weighted by atomic mass is 15.0. The zero-order valence-corrected chi connectivity index (χ0v) is 4.52. The molecule has 0 heterocycles. The number of nitrogens with one attached hydrogen (secondary N) is 1. The second kappa shape index (κ2) is 2.69. The molecule has 0 rings (SSSR count). The van der Waals surface area contributed by atoms with Crippen LogP contribution in [-0.2, 0) is 0 Å². The van der Waals surface area contributed by atoms with Gasteiger partial charge in [-0.05, 0) is 0 Å². The third-order valence-corrected chi connectivity index (χ3v) is 0.387. The van der Waals surface area contributed by atoms with Gasteiger partial charge >= 0.3 is 0 Å². The van der Waals surface area contributed by atoms with Crippen LogP contribution >= 0.6 is 0 Å². The van der Waals surface area contributed by atoms with Crippen molar-refractivity contribution in [2.45, 2.75) is 0 Å². The SMILES string of the molecule is CNC=[N+](C)C. The number of hydrogen-bond acceptors (Lipinski definition) is 0. The van der Waals surface area contributed by atoms with Crippen molar-refractivity contribution in [3.05, 3.63) is 0 Å². The Kier molecular flexibility index (Phi) is 2.46. The van der Waals surface area contributed by atoms with Crippen LogP contribution in [-0.4, -0.2) is 32.1 Å². The maximum Gasteiger partial charge on any atom is 0.231 e. The summed E-state index contributed by atoms with van der Waals surface area (Å²) in [5.41, 5.74) is 0. The fourth-order valence-corrected chi connectivity index (χ4v) is 0.258. The van der Waals surface area contributed by atoms with E-state index in [1.165, 1.54) is 0 Å². The number of nitrogens with zero attached hydrogens (tertiary/aromatic N) is 1. The Labute approximate surface area is 38.5 Å². The summed E-state index contributed by atoms with van der Waals surface area (Å²) in [4.78, 5) is 0. The molecule has 0 aromatic rings. The van der Waals surface area contributed by atoms with Gasteiger partial charge in [0.05, 0.1) is 21.1 Å². The lowest BCUT2D eigenvalue weighted by Gasteiger charge is -1.81. The molecule has 0 spiro atoms. The minimum atomic E-state index is 1.88. The van der Waals surface area contributed by atoms with E-state index in [1.54, 1.807) is 0 Å². The molecule has 0 amide bonds. The average Bonchev–Trinajstić information content (AvgIpc) is 1.35. The number of hydrogen-bond donors (Lipinski definition) is 1. The molecule has 0 aliphatic rings. The molecule has 0 aliphatic carbocycles. The summed E-state index contributed by atoms with van der Waals surface area (Å²) in [5, 5.41) is 2.87. The molecule has 2 nitrogen and oxygen atoms in total. The lowest BCUT2D eigenvalue weighted by atomic mass is 11.0. The van der Waals surface area contributed by atoms with E-state index in [9.17, 15) is 0 Å². The highest BCUT2D eigenvalue weighted by Gasteiger charge is 1.68. The monoisotopic (exact) mass is 87.1 g/mol. The minimum Gasteiger partial charge on any atom is -0.284 e. The van der Waals surface area contributed by atoms with Crippen LogP contribution in [0, 0.1) is 0 Å². The summed E-state index contributed by atoms with van der Waals surface area (Å²) in [5.74, 6) is 0. The molecule has 6 heavy (non-hydrogen) atoms. The zero-order chi connectivity index (χ0) is 4.99. The van der Waals surface area contributed by atoms with Gasteiger partial charge in [-0.25, -0.2) is 0 Å². The summed E-state index contributed by atoms with van der Waals surface area (Å²) in [6.07, 6.45) is 1.88. The Bertz CT molecular complexity index is 52.6. The van der Waals surface area contributed by atoms with E-state index < -0.39 is 0 Å².